The van der Waals surface area contributed by atoms with E-state index >= 15 is 0 Å². The molecule has 1 aliphatic rings. The van der Waals surface area contributed by atoms with E-state index in [0.29, 0.717) is 11.1 Å². The summed E-state index contributed by atoms with van der Waals surface area (Å²) < 4.78 is 18.5. The SMILES string of the molecule is O=C(N[C@@H]1c2ccc(F)cc2C[C@@H]1C(=O)O)OCc1ccccc1. The molecule has 124 valence electrons. The minimum absolute atomic E-state index is 0.0907. The summed E-state index contributed by atoms with van der Waals surface area (Å²) in [6.07, 6.45) is -0.529. The molecule has 3 rings (SSSR count). The molecule has 0 unspecified atom stereocenters. The number of amides is 1. The van der Waals surface area contributed by atoms with Gasteiger partial charge in [-0.1, -0.05) is 36.4 Å². The number of benzene rings is 2. The van der Waals surface area contributed by atoms with Crippen molar-refractivity contribution >= 4 is 12.1 Å². The number of ether oxygens (including phenoxy) is 1. The molecule has 0 radical (unpaired) electrons. The molecule has 1 aliphatic carbocycles. The number of hydrogen-bond acceptors (Lipinski definition) is 3. The van der Waals surface area contributed by atoms with Crippen LogP contribution in [0.15, 0.2) is 48.5 Å². The highest BCUT2D eigenvalue weighted by atomic mass is 19.1. The van der Waals surface area contributed by atoms with Crippen molar-refractivity contribution in [1.82, 2.24) is 5.32 Å². The summed E-state index contributed by atoms with van der Waals surface area (Å²) >= 11 is 0. The second-order valence-corrected chi connectivity index (χ2v) is 5.68. The highest BCUT2D eigenvalue weighted by Gasteiger charge is 2.38. The summed E-state index contributed by atoms with van der Waals surface area (Å²) in [5.41, 5.74) is 2.03. The zero-order chi connectivity index (χ0) is 17.1. The van der Waals surface area contributed by atoms with E-state index in [-0.39, 0.29) is 13.0 Å². The van der Waals surface area contributed by atoms with E-state index in [1.807, 2.05) is 30.3 Å². The topological polar surface area (TPSA) is 75.6 Å². The third kappa shape index (κ3) is 3.37. The lowest BCUT2D eigenvalue weighted by Gasteiger charge is -2.18. The van der Waals surface area contributed by atoms with Gasteiger partial charge < -0.3 is 15.2 Å². The summed E-state index contributed by atoms with van der Waals surface area (Å²) in [7, 11) is 0. The van der Waals surface area contributed by atoms with Crippen molar-refractivity contribution in [3.05, 3.63) is 71.0 Å². The zero-order valence-corrected chi connectivity index (χ0v) is 12.7. The van der Waals surface area contributed by atoms with Crippen molar-refractivity contribution in [3.8, 4) is 0 Å². The lowest BCUT2D eigenvalue weighted by Crippen LogP contribution is -2.34. The standard InChI is InChI=1S/C18H16FNO4/c19-13-6-7-14-12(8-13)9-15(17(21)22)16(14)20-18(23)24-10-11-4-2-1-3-5-11/h1-8,15-16H,9-10H2,(H,20,23)(H,21,22)/t15-,16+/m0/s1. The Morgan fingerprint density at radius 1 is 1.21 bits per heavy atom. The molecule has 2 aromatic carbocycles. The number of alkyl carbamates (subject to hydrolysis) is 1. The van der Waals surface area contributed by atoms with E-state index in [2.05, 4.69) is 5.32 Å². The number of carbonyl (C=O) groups is 2. The zero-order valence-electron chi connectivity index (χ0n) is 12.7. The van der Waals surface area contributed by atoms with Gasteiger partial charge in [0.2, 0.25) is 0 Å². The number of carboxylic acids is 1. The van der Waals surface area contributed by atoms with Crippen molar-refractivity contribution in [3.63, 3.8) is 0 Å². The van der Waals surface area contributed by atoms with E-state index in [1.165, 1.54) is 18.2 Å². The predicted molar refractivity (Wildman–Crippen MR) is 83.7 cm³/mol. The van der Waals surface area contributed by atoms with Gasteiger partial charge >= 0.3 is 12.1 Å². The van der Waals surface area contributed by atoms with Gasteiger partial charge in [-0.05, 0) is 35.2 Å². The largest absolute Gasteiger partial charge is 0.481 e. The number of nitrogens with one attached hydrogen (secondary N) is 1. The third-order valence-corrected chi connectivity index (χ3v) is 4.09. The summed E-state index contributed by atoms with van der Waals surface area (Å²) in [6.45, 7) is 0.0907. The average Bonchev–Trinajstić information content (AvgIpc) is 2.92. The first-order valence-corrected chi connectivity index (χ1v) is 7.53. The van der Waals surface area contributed by atoms with Crippen LogP contribution in [0.2, 0.25) is 0 Å². The Bertz CT molecular complexity index is 763. The van der Waals surface area contributed by atoms with Gasteiger partial charge in [0.25, 0.3) is 0 Å². The van der Waals surface area contributed by atoms with Gasteiger partial charge in [0.05, 0.1) is 12.0 Å². The maximum absolute atomic E-state index is 13.3. The first-order chi connectivity index (χ1) is 11.5. The first kappa shape index (κ1) is 16.0. The van der Waals surface area contributed by atoms with Gasteiger partial charge in [0.1, 0.15) is 12.4 Å². The normalized spacial score (nSPS) is 18.7. The molecule has 0 spiro atoms. The van der Waals surface area contributed by atoms with Crippen LogP contribution in [-0.2, 0) is 22.6 Å². The summed E-state index contributed by atoms with van der Waals surface area (Å²) in [6, 6.07) is 12.5. The predicted octanol–water partition coefficient (Wildman–Crippen LogP) is 3.05. The average molecular weight is 329 g/mol. The van der Waals surface area contributed by atoms with Gasteiger partial charge in [-0.15, -0.1) is 0 Å². The lowest BCUT2D eigenvalue weighted by atomic mass is 10.0. The van der Waals surface area contributed by atoms with Gasteiger partial charge in [-0.3, -0.25) is 4.79 Å². The van der Waals surface area contributed by atoms with E-state index in [1.54, 1.807) is 0 Å². The van der Waals surface area contributed by atoms with E-state index in [4.69, 9.17) is 4.74 Å². The van der Waals surface area contributed by atoms with Gasteiger partial charge in [-0.2, -0.15) is 0 Å². The summed E-state index contributed by atoms with van der Waals surface area (Å²) in [4.78, 5) is 23.5. The van der Waals surface area contributed by atoms with Crippen molar-refractivity contribution in [2.24, 2.45) is 5.92 Å². The highest BCUT2D eigenvalue weighted by molar-refractivity contribution is 5.76. The fourth-order valence-electron chi connectivity index (χ4n) is 2.93. The fourth-order valence-corrected chi connectivity index (χ4v) is 2.93. The molecule has 0 saturated heterocycles. The molecule has 0 heterocycles. The second kappa shape index (κ2) is 6.70. The van der Waals surface area contributed by atoms with E-state index in [0.717, 1.165) is 5.56 Å². The molecule has 2 aromatic rings. The number of fused-ring (bicyclic) bond motifs is 1. The van der Waals surface area contributed by atoms with Crippen LogP contribution in [0.5, 0.6) is 0 Å². The summed E-state index contributed by atoms with van der Waals surface area (Å²) in [5, 5.41) is 12.0. The van der Waals surface area contributed by atoms with Crippen LogP contribution >= 0.6 is 0 Å². The van der Waals surface area contributed by atoms with E-state index < -0.39 is 29.8 Å². The number of halogens is 1. The molecule has 0 aromatic heterocycles. The second-order valence-electron chi connectivity index (χ2n) is 5.68. The Kier molecular flexibility index (Phi) is 4.46. The molecule has 0 fully saturated rings. The number of aliphatic carboxylic acids is 1. The van der Waals surface area contributed by atoms with Crippen molar-refractivity contribution < 1.29 is 23.8 Å². The van der Waals surface area contributed by atoms with Crippen molar-refractivity contribution in [1.29, 1.82) is 0 Å². The monoisotopic (exact) mass is 329 g/mol. The van der Waals surface area contributed by atoms with Crippen LogP contribution < -0.4 is 5.32 Å². The Balaban J connectivity index is 1.70. The molecule has 0 saturated carbocycles. The van der Waals surface area contributed by atoms with Crippen molar-refractivity contribution in [2.75, 3.05) is 0 Å². The molecule has 2 N–H and O–H groups in total. The van der Waals surface area contributed by atoms with Crippen LogP contribution in [-0.4, -0.2) is 17.2 Å². The van der Waals surface area contributed by atoms with Crippen LogP contribution in [0.3, 0.4) is 0 Å². The molecule has 5 nitrogen and oxygen atoms in total. The molecular formula is C18H16FNO4. The molecule has 6 heteroatoms. The Labute approximate surface area is 138 Å². The van der Waals surface area contributed by atoms with Crippen molar-refractivity contribution in [2.45, 2.75) is 19.1 Å². The maximum atomic E-state index is 13.3. The Morgan fingerprint density at radius 3 is 2.67 bits per heavy atom. The number of hydrogen-bond donors (Lipinski definition) is 2. The molecular weight excluding hydrogens is 313 g/mol. The number of carbonyl (C=O) groups excluding carboxylic acids is 1. The van der Waals surface area contributed by atoms with Crippen LogP contribution in [0.25, 0.3) is 0 Å². The molecule has 24 heavy (non-hydrogen) atoms. The minimum Gasteiger partial charge on any atom is -0.481 e. The lowest BCUT2D eigenvalue weighted by molar-refractivity contribution is -0.142. The number of rotatable bonds is 4. The molecule has 0 aliphatic heterocycles. The molecule has 1 amide bonds. The van der Waals surface area contributed by atoms with Crippen LogP contribution in [0.4, 0.5) is 9.18 Å². The smallest absolute Gasteiger partial charge is 0.407 e. The maximum Gasteiger partial charge on any atom is 0.407 e. The van der Waals surface area contributed by atoms with Gasteiger partial charge in [0, 0.05) is 0 Å². The Morgan fingerprint density at radius 2 is 1.96 bits per heavy atom. The Hall–Kier alpha value is -2.89. The quantitative estimate of drug-likeness (QED) is 0.904. The fraction of sp³-hybridized carbons (Fsp3) is 0.222. The van der Waals surface area contributed by atoms with E-state index in [9.17, 15) is 19.1 Å². The number of carboxylic acid groups (broad SMARTS) is 1. The third-order valence-electron chi connectivity index (χ3n) is 4.09. The highest BCUT2D eigenvalue weighted by Crippen LogP contribution is 2.36. The van der Waals surface area contributed by atoms with Gasteiger partial charge in [0.15, 0.2) is 0 Å². The minimum atomic E-state index is -1.04. The van der Waals surface area contributed by atoms with Crippen LogP contribution in [0, 0.1) is 11.7 Å². The van der Waals surface area contributed by atoms with Crippen LogP contribution in [0.1, 0.15) is 22.7 Å². The summed E-state index contributed by atoms with van der Waals surface area (Å²) in [5.74, 6) is -2.31. The first-order valence-electron chi connectivity index (χ1n) is 7.53. The molecule has 0 bridgehead atoms. The molecule has 2 atom stereocenters. The van der Waals surface area contributed by atoms with Gasteiger partial charge in [-0.25, -0.2) is 9.18 Å².